The minimum Gasteiger partial charge on any atom is -0.435 e. The summed E-state index contributed by atoms with van der Waals surface area (Å²) in [7, 11) is 0. The predicted octanol–water partition coefficient (Wildman–Crippen LogP) is 3.11. The second-order valence-corrected chi connectivity index (χ2v) is 3.35. The Bertz CT molecular complexity index is 386. The van der Waals surface area contributed by atoms with Crippen LogP contribution in [0.4, 0.5) is 8.78 Å². The average molecular weight is 214 g/mol. The lowest BCUT2D eigenvalue weighted by molar-refractivity contribution is -0.0503. The van der Waals surface area contributed by atoms with Crippen LogP contribution >= 0.6 is 0 Å². The van der Waals surface area contributed by atoms with Crippen molar-refractivity contribution in [2.45, 2.75) is 27.4 Å². The van der Waals surface area contributed by atoms with Crippen LogP contribution in [0, 0.1) is 13.8 Å². The van der Waals surface area contributed by atoms with Gasteiger partial charge in [-0.3, -0.25) is 4.79 Å². The molecule has 0 fully saturated rings. The third kappa shape index (κ3) is 2.75. The minimum absolute atomic E-state index is 0.0650. The van der Waals surface area contributed by atoms with Crippen molar-refractivity contribution >= 4 is 5.78 Å². The van der Waals surface area contributed by atoms with Crippen LogP contribution in [0.2, 0.25) is 0 Å². The number of halogens is 2. The SMILES string of the molecule is CC(=O)c1cc(C)c(C)c(OC(F)F)c1. The van der Waals surface area contributed by atoms with E-state index in [2.05, 4.69) is 4.74 Å². The van der Waals surface area contributed by atoms with Gasteiger partial charge in [0.15, 0.2) is 5.78 Å². The van der Waals surface area contributed by atoms with Gasteiger partial charge in [-0.05, 0) is 44.0 Å². The second-order valence-electron chi connectivity index (χ2n) is 3.35. The number of Topliss-reactive ketones (excluding diaryl/α,β-unsaturated/α-hetero) is 1. The number of hydrogen-bond acceptors (Lipinski definition) is 2. The number of rotatable bonds is 3. The van der Waals surface area contributed by atoms with Crippen molar-refractivity contribution < 1.29 is 18.3 Å². The Hall–Kier alpha value is -1.45. The summed E-state index contributed by atoms with van der Waals surface area (Å²) in [6.07, 6.45) is 0. The van der Waals surface area contributed by atoms with Crippen LogP contribution in [0.1, 0.15) is 28.4 Å². The Morgan fingerprint density at radius 3 is 2.40 bits per heavy atom. The number of aryl methyl sites for hydroxylation is 1. The van der Waals surface area contributed by atoms with E-state index in [4.69, 9.17) is 0 Å². The lowest BCUT2D eigenvalue weighted by Crippen LogP contribution is -2.05. The molecule has 0 amide bonds. The number of benzene rings is 1. The van der Waals surface area contributed by atoms with Crippen molar-refractivity contribution in [1.82, 2.24) is 0 Å². The largest absolute Gasteiger partial charge is 0.435 e. The molecule has 82 valence electrons. The van der Waals surface area contributed by atoms with E-state index in [0.717, 1.165) is 5.56 Å². The molecule has 0 saturated carbocycles. The van der Waals surface area contributed by atoms with Crippen molar-refractivity contribution in [1.29, 1.82) is 0 Å². The number of alkyl halides is 2. The van der Waals surface area contributed by atoms with E-state index in [1.807, 2.05) is 0 Å². The molecule has 0 atom stereocenters. The molecule has 2 nitrogen and oxygen atoms in total. The summed E-state index contributed by atoms with van der Waals surface area (Å²) in [5.74, 6) is -0.104. The van der Waals surface area contributed by atoms with E-state index in [1.54, 1.807) is 19.9 Å². The number of carbonyl (C=O) groups excluding carboxylic acids is 1. The first-order valence-corrected chi connectivity index (χ1v) is 4.49. The summed E-state index contributed by atoms with van der Waals surface area (Å²) in [6, 6.07) is 3.01. The van der Waals surface area contributed by atoms with Gasteiger partial charge in [0.2, 0.25) is 0 Å². The molecule has 15 heavy (non-hydrogen) atoms. The maximum absolute atomic E-state index is 12.1. The zero-order valence-electron chi connectivity index (χ0n) is 8.80. The molecule has 0 unspecified atom stereocenters. The van der Waals surface area contributed by atoms with Gasteiger partial charge in [0.05, 0.1) is 0 Å². The fourth-order valence-electron chi connectivity index (χ4n) is 1.25. The Balaban J connectivity index is 3.19. The fraction of sp³-hybridized carbons (Fsp3) is 0.364. The summed E-state index contributed by atoms with van der Waals surface area (Å²) >= 11 is 0. The first-order chi connectivity index (χ1) is 6.91. The highest BCUT2D eigenvalue weighted by molar-refractivity contribution is 5.94. The molecular formula is C11H12F2O2. The van der Waals surface area contributed by atoms with E-state index in [0.29, 0.717) is 11.1 Å². The number of ketones is 1. The zero-order valence-corrected chi connectivity index (χ0v) is 8.80. The van der Waals surface area contributed by atoms with Crippen molar-refractivity contribution in [2.24, 2.45) is 0 Å². The van der Waals surface area contributed by atoms with E-state index in [-0.39, 0.29) is 11.5 Å². The van der Waals surface area contributed by atoms with E-state index in [9.17, 15) is 13.6 Å². The van der Waals surface area contributed by atoms with Crippen molar-refractivity contribution in [2.75, 3.05) is 0 Å². The number of carbonyl (C=O) groups is 1. The monoisotopic (exact) mass is 214 g/mol. The fourth-order valence-corrected chi connectivity index (χ4v) is 1.25. The Morgan fingerprint density at radius 2 is 1.93 bits per heavy atom. The summed E-state index contributed by atoms with van der Waals surface area (Å²) in [4.78, 5) is 11.1. The molecule has 0 bridgehead atoms. The van der Waals surface area contributed by atoms with Gasteiger partial charge >= 0.3 is 6.61 Å². The normalized spacial score (nSPS) is 10.5. The summed E-state index contributed by atoms with van der Waals surface area (Å²) in [5, 5.41) is 0. The van der Waals surface area contributed by atoms with E-state index >= 15 is 0 Å². The Morgan fingerprint density at radius 1 is 1.33 bits per heavy atom. The highest BCUT2D eigenvalue weighted by Crippen LogP contribution is 2.25. The third-order valence-electron chi connectivity index (χ3n) is 2.24. The highest BCUT2D eigenvalue weighted by Gasteiger charge is 2.12. The van der Waals surface area contributed by atoms with Crippen LogP contribution in [0.25, 0.3) is 0 Å². The molecule has 0 heterocycles. The molecule has 0 spiro atoms. The van der Waals surface area contributed by atoms with E-state index < -0.39 is 6.61 Å². The van der Waals surface area contributed by atoms with Crippen LogP contribution in [-0.4, -0.2) is 12.4 Å². The predicted molar refractivity (Wildman–Crippen MR) is 52.6 cm³/mol. The van der Waals surface area contributed by atoms with Gasteiger partial charge in [-0.15, -0.1) is 0 Å². The van der Waals surface area contributed by atoms with Crippen molar-refractivity contribution in [3.05, 3.63) is 28.8 Å². The maximum Gasteiger partial charge on any atom is 0.387 e. The third-order valence-corrected chi connectivity index (χ3v) is 2.24. The summed E-state index contributed by atoms with van der Waals surface area (Å²) in [5.41, 5.74) is 1.77. The molecule has 4 heteroatoms. The topological polar surface area (TPSA) is 26.3 Å². The van der Waals surface area contributed by atoms with Gasteiger partial charge in [-0.25, -0.2) is 0 Å². The van der Waals surface area contributed by atoms with E-state index in [1.165, 1.54) is 13.0 Å². The minimum atomic E-state index is -2.87. The first-order valence-electron chi connectivity index (χ1n) is 4.49. The van der Waals surface area contributed by atoms with Gasteiger partial charge in [0, 0.05) is 5.56 Å². The number of hydrogen-bond donors (Lipinski definition) is 0. The Kier molecular flexibility index (Phi) is 3.39. The lowest BCUT2D eigenvalue weighted by atomic mass is 10.0. The molecule has 0 aliphatic heterocycles. The van der Waals surface area contributed by atoms with Gasteiger partial charge in [-0.1, -0.05) is 0 Å². The highest BCUT2D eigenvalue weighted by atomic mass is 19.3. The molecular weight excluding hydrogens is 202 g/mol. The maximum atomic E-state index is 12.1. The van der Waals surface area contributed by atoms with Gasteiger partial charge in [0.25, 0.3) is 0 Å². The van der Waals surface area contributed by atoms with Gasteiger partial charge in [-0.2, -0.15) is 8.78 Å². The van der Waals surface area contributed by atoms with Crippen LogP contribution in [0.15, 0.2) is 12.1 Å². The zero-order chi connectivity index (χ0) is 11.6. The second kappa shape index (κ2) is 4.38. The molecule has 0 radical (unpaired) electrons. The molecule has 0 saturated heterocycles. The van der Waals surface area contributed by atoms with Crippen molar-refractivity contribution in [3.8, 4) is 5.75 Å². The van der Waals surface area contributed by atoms with Crippen molar-refractivity contribution in [3.63, 3.8) is 0 Å². The van der Waals surface area contributed by atoms with Crippen LogP contribution in [-0.2, 0) is 0 Å². The molecule has 1 rings (SSSR count). The number of ether oxygens (including phenoxy) is 1. The van der Waals surface area contributed by atoms with Gasteiger partial charge in [0.1, 0.15) is 5.75 Å². The Labute approximate surface area is 86.9 Å². The summed E-state index contributed by atoms with van der Waals surface area (Å²) in [6.45, 7) is 1.94. The van der Waals surface area contributed by atoms with Gasteiger partial charge < -0.3 is 4.74 Å². The molecule has 1 aromatic rings. The molecule has 0 aromatic heterocycles. The standard InChI is InChI=1S/C11H12F2O2/c1-6-4-9(8(3)14)5-10(7(6)2)15-11(12)13/h4-5,11H,1-3H3. The van der Waals surface area contributed by atoms with Crippen LogP contribution in [0.5, 0.6) is 5.75 Å². The van der Waals surface area contributed by atoms with Crippen LogP contribution < -0.4 is 4.74 Å². The molecule has 1 aromatic carbocycles. The lowest BCUT2D eigenvalue weighted by Gasteiger charge is -2.11. The molecule has 0 aliphatic carbocycles. The smallest absolute Gasteiger partial charge is 0.387 e. The molecule has 0 N–H and O–H groups in total. The average Bonchev–Trinajstić information content (AvgIpc) is 2.11. The molecule has 0 aliphatic rings. The quantitative estimate of drug-likeness (QED) is 0.722. The first kappa shape index (κ1) is 11.6. The summed E-state index contributed by atoms with van der Waals surface area (Å²) < 4.78 is 28.4. The van der Waals surface area contributed by atoms with Crippen LogP contribution in [0.3, 0.4) is 0 Å².